The first-order valence-electron chi connectivity index (χ1n) is 8.59. The van der Waals surface area contributed by atoms with E-state index in [4.69, 9.17) is 14.6 Å². The molecule has 27 heavy (non-hydrogen) atoms. The minimum Gasteiger partial charge on any atom is -0.494 e. The number of ether oxygens (including phenoxy) is 2. The van der Waals surface area contributed by atoms with Gasteiger partial charge in [-0.1, -0.05) is 13.3 Å². The Morgan fingerprint density at radius 3 is 2.30 bits per heavy atom. The smallest absolute Gasteiger partial charge is 0.341 e. The predicted molar refractivity (Wildman–Crippen MR) is 101 cm³/mol. The Labute approximate surface area is 157 Å². The number of carboxylic acids is 1. The lowest BCUT2D eigenvalue weighted by atomic mass is 10.2. The van der Waals surface area contributed by atoms with E-state index >= 15 is 0 Å². The number of carbonyl (C=O) groups excluding carboxylic acids is 1. The highest BCUT2D eigenvalue weighted by atomic mass is 16.5. The summed E-state index contributed by atoms with van der Waals surface area (Å²) in [4.78, 5) is 22.5. The molecule has 7 nitrogen and oxygen atoms in total. The summed E-state index contributed by atoms with van der Waals surface area (Å²) < 4.78 is 10.6. The van der Waals surface area contributed by atoms with Crippen LogP contribution in [0, 0.1) is 0 Å². The second kappa shape index (κ2) is 10.6. The number of nitrogens with one attached hydrogen (secondary N) is 1. The van der Waals surface area contributed by atoms with Crippen LogP contribution in [0.25, 0.3) is 0 Å². The van der Waals surface area contributed by atoms with Gasteiger partial charge < -0.3 is 14.6 Å². The number of amides is 1. The van der Waals surface area contributed by atoms with Crippen molar-refractivity contribution in [2.45, 2.75) is 19.8 Å². The van der Waals surface area contributed by atoms with Crippen LogP contribution in [0.15, 0.2) is 53.6 Å². The Balaban J connectivity index is 1.82. The number of hydrogen-bond acceptors (Lipinski definition) is 5. The van der Waals surface area contributed by atoms with Crippen molar-refractivity contribution in [3.63, 3.8) is 0 Å². The number of carboxylic acid groups (broad SMARTS) is 1. The lowest BCUT2D eigenvalue weighted by Gasteiger charge is -2.06. The van der Waals surface area contributed by atoms with Gasteiger partial charge in [-0.15, -0.1) is 0 Å². The lowest BCUT2D eigenvalue weighted by Crippen LogP contribution is -2.17. The molecule has 2 aromatic rings. The van der Waals surface area contributed by atoms with E-state index in [-0.39, 0.29) is 5.91 Å². The third-order valence-corrected chi connectivity index (χ3v) is 3.51. The Morgan fingerprint density at radius 1 is 1.04 bits per heavy atom. The predicted octanol–water partition coefficient (Wildman–Crippen LogP) is 3.09. The number of unbranched alkanes of at least 4 members (excludes halogenated alkanes) is 1. The average molecular weight is 370 g/mol. The molecule has 0 fully saturated rings. The molecule has 0 unspecified atom stereocenters. The summed E-state index contributed by atoms with van der Waals surface area (Å²) in [5.41, 5.74) is 3.67. The van der Waals surface area contributed by atoms with Gasteiger partial charge in [0.15, 0.2) is 6.61 Å². The Morgan fingerprint density at radius 2 is 1.67 bits per heavy atom. The molecule has 0 saturated carbocycles. The molecular weight excluding hydrogens is 348 g/mol. The van der Waals surface area contributed by atoms with E-state index in [1.54, 1.807) is 48.5 Å². The SMILES string of the molecule is CCCCOc1ccc(C(=O)N/N=C\c2ccc(OCC(=O)O)cc2)cc1. The summed E-state index contributed by atoms with van der Waals surface area (Å²) in [6.45, 7) is 2.36. The molecule has 2 aromatic carbocycles. The van der Waals surface area contributed by atoms with Crippen LogP contribution in [0.3, 0.4) is 0 Å². The highest BCUT2D eigenvalue weighted by Crippen LogP contribution is 2.13. The second-order valence-corrected chi connectivity index (χ2v) is 5.68. The number of benzene rings is 2. The summed E-state index contributed by atoms with van der Waals surface area (Å²) in [6.07, 6.45) is 3.54. The first kappa shape index (κ1) is 20.0. The van der Waals surface area contributed by atoms with Crippen LogP contribution in [0.1, 0.15) is 35.7 Å². The fourth-order valence-corrected chi connectivity index (χ4v) is 2.06. The van der Waals surface area contributed by atoms with Crippen LogP contribution in [-0.4, -0.2) is 36.4 Å². The molecule has 0 radical (unpaired) electrons. The van der Waals surface area contributed by atoms with Crippen LogP contribution in [0.5, 0.6) is 11.5 Å². The van der Waals surface area contributed by atoms with Gasteiger partial charge in [0.05, 0.1) is 12.8 Å². The number of rotatable bonds is 10. The van der Waals surface area contributed by atoms with Crippen molar-refractivity contribution in [2.24, 2.45) is 5.10 Å². The van der Waals surface area contributed by atoms with Gasteiger partial charge >= 0.3 is 5.97 Å². The van der Waals surface area contributed by atoms with Crippen molar-refractivity contribution in [2.75, 3.05) is 13.2 Å². The topological polar surface area (TPSA) is 97.2 Å². The zero-order chi connectivity index (χ0) is 19.5. The summed E-state index contributed by atoms with van der Waals surface area (Å²) in [5, 5.41) is 12.5. The van der Waals surface area contributed by atoms with Crippen LogP contribution < -0.4 is 14.9 Å². The molecule has 0 aliphatic rings. The zero-order valence-electron chi connectivity index (χ0n) is 15.1. The summed E-state index contributed by atoms with van der Waals surface area (Å²) >= 11 is 0. The van der Waals surface area contributed by atoms with Gasteiger partial charge in [0.2, 0.25) is 0 Å². The van der Waals surface area contributed by atoms with Crippen molar-refractivity contribution in [1.29, 1.82) is 0 Å². The van der Waals surface area contributed by atoms with Crippen molar-refractivity contribution >= 4 is 18.1 Å². The fraction of sp³-hybridized carbons (Fsp3) is 0.250. The van der Waals surface area contributed by atoms with E-state index in [1.165, 1.54) is 6.21 Å². The maximum absolute atomic E-state index is 12.1. The minimum atomic E-state index is -1.04. The quantitative estimate of drug-likeness (QED) is 0.380. The van der Waals surface area contributed by atoms with Crippen LogP contribution >= 0.6 is 0 Å². The molecule has 0 aliphatic heterocycles. The van der Waals surface area contributed by atoms with Gasteiger partial charge in [-0.05, 0) is 60.5 Å². The Hall–Kier alpha value is -3.35. The molecule has 2 N–H and O–H groups in total. The van der Waals surface area contributed by atoms with Gasteiger partial charge in [-0.25, -0.2) is 10.2 Å². The van der Waals surface area contributed by atoms with Gasteiger partial charge in [0.25, 0.3) is 5.91 Å². The van der Waals surface area contributed by atoms with Crippen molar-refractivity contribution < 1.29 is 24.2 Å². The molecule has 0 spiro atoms. The van der Waals surface area contributed by atoms with Crippen LogP contribution in [0.2, 0.25) is 0 Å². The van der Waals surface area contributed by atoms with Crippen molar-refractivity contribution in [3.8, 4) is 11.5 Å². The number of aliphatic carboxylic acids is 1. The summed E-state index contributed by atoms with van der Waals surface area (Å²) in [6, 6.07) is 13.5. The van der Waals surface area contributed by atoms with Gasteiger partial charge in [-0.2, -0.15) is 5.10 Å². The minimum absolute atomic E-state index is 0.326. The standard InChI is InChI=1S/C20H22N2O5/c1-2-3-12-26-17-10-6-16(7-11-17)20(25)22-21-13-15-4-8-18(9-5-15)27-14-19(23)24/h4-11,13H,2-3,12,14H2,1H3,(H,22,25)(H,23,24)/b21-13-. The average Bonchev–Trinajstić information content (AvgIpc) is 2.68. The van der Waals surface area contributed by atoms with Crippen LogP contribution in [0.4, 0.5) is 0 Å². The van der Waals surface area contributed by atoms with Gasteiger partial charge in [-0.3, -0.25) is 4.79 Å². The maximum atomic E-state index is 12.1. The molecular formula is C20H22N2O5. The summed E-state index contributed by atoms with van der Waals surface area (Å²) in [5.74, 6) is -0.190. The van der Waals surface area contributed by atoms with Gasteiger partial charge in [0, 0.05) is 5.56 Å². The van der Waals surface area contributed by atoms with E-state index in [9.17, 15) is 9.59 Å². The molecule has 0 bridgehead atoms. The Bertz CT molecular complexity index is 770. The largest absolute Gasteiger partial charge is 0.494 e. The highest BCUT2D eigenvalue weighted by Gasteiger charge is 2.04. The maximum Gasteiger partial charge on any atom is 0.341 e. The highest BCUT2D eigenvalue weighted by molar-refractivity contribution is 5.95. The fourth-order valence-electron chi connectivity index (χ4n) is 2.06. The molecule has 0 aliphatic carbocycles. The van der Waals surface area contributed by atoms with E-state index < -0.39 is 12.6 Å². The first-order chi connectivity index (χ1) is 13.1. The molecule has 0 saturated heterocycles. The zero-order valence-corrected chi connectivity index (χ0v) is 15.1. The lowest BCUT2D eigenvalue weighted by molar-refractivity contribution is -0.139. The molecule has 0 heterocycles. The molecule has 7 heteroatoms. The van der Waals surface area contributed by atoms with E-state index in [0.29, 0.717) is 17.9 Å². The number of nitrogens with zero attached hydrogens (tertiary/aromatic N) is 1. The van der Waals surface area contributed by atoms with Crippen LogP contribution in [-0.2, 0) is 4.79 Å². The van der Waals surface area contributed by atoms with E-state index in [1.807, 2.05) is 0 Å². The number of hydrogen-bond donors (Lipinski definition) is 2. The Kier molecular flexibility index (Phi) is 7.84. The first-order valence-corrected chi connectivity index (χ1v) is 8.59. The van der Waals surface area contributed by atoms with Gasteiger partial charge in [0.1, 0.15) is 11.5 Å². The molecule has 0 aromatic heterocycles. The normalized spacial score (nSPS) is 10.6. The van der Waals surface area contributed by atoms with Crippen molar-refractivity contribution in [3.05, 3.63) is 59.7 Å². The third-order valence-electron chi connectivity index (χ3n) is 3.51. The van der Waals surface area contributed by atoms with E-state index in [0.717, 1.165) is 24.2 Å². The number of hydrazone groups is 1. The third kappa shape index (κ3) is 7.19. The summed E-state index contributed by atoms with van der Waals surface area (Å²) in [7, 11) is 0. The second-order valence-electron chi connectivity index (χ2n) is 5.68. The molecule has 1 amide bonds. The van der Waals surface area contributed by atoms with E-state index in [2.05, 4.69) is 17.5 Å². The molecule has 142 valence electrons. The number of carbonyl (C=O) groups is 2. The van der Waals surface area contributed by atoms with Crippen molar-refractivity contribution in [1.82, 2.24) is 5.43 Å². The molecule has 0 atom stereocenters. The molecule has 2 rings (SSSR count). The monoisotopic (exact) mass is 370 g/mol.